The molecule has 0 atom stereocenters. The van der Waals surface area contributed by atoms with Gasteiger partial charge in [-0.3, -0.25) is 4.79 Å². The molecule has 0 unspecified atom stereocenters. The summed E-state index contributed by atoms with van der Waals surface area (Å²) in [5.74, 6) is 0.182. The largest absolute Gasteiger partial charge is 0.463 e. The van der Waals surface area contributed by atoms with Gasteiger partial charge in [0.1, 0.15) is 0 Å². The molecule has 0 saturated heterocycles. The Morgan fingerprint density at radius 3 is 2.77 bits per heavy atom. The molecule has 4 nitrogen and oxygen atoms in total. The molecule has 1 aromatic heterocycles. The molecule has 138 valence electrons. The van der Waals surface area contributed by atoms with Crippen LogP contribution >= 0.6 is 11.6 Å². The summed E-state index contributed by atoms with van der Waals surface area (Å²) in [6, 6.07) is 5.61. The van der Waals surface area contributed by atoms with Crippen molar-refractivity contribution in [3.63, 3.8) is 0 Å². The Kier molecular flexibility index (Phi) is 6.15. The van der Waals surface area contributed by atoms with Crippen LogP contribution in [0.1, 0.15) is 55.1 Å². The Morgan fingerprint density at radius 2 is 2.08 bits per heavy atom. The molecule has 1 aliphatic carbocycles. The molecule has 0 bridgehead atoms. The molecule has 1 aliphatic rings. The van der Waals surface area contributed by atoms with Crippen molar-refractivity contribution < 1.29 is 14.3 Å². The van der Waals surface area contributed by atoms with Crippen LogP contribution in [0.3, 0.4) is 0 Å². The molecular weight excluding hydrogens is 350 g/mol. The molecule has 0 N–H and O–H groups in total. The van der Waals surface area contributed by atoms with Crippen molar-refractivity contribution >= 4 is 40.8 Å². The van der Waals surface area contributed by atoms with Crippen molar-refractivity contribution in [2.75, 3.05) is 6.61 Å². The first kappa shape index (κ1) is 18.7. The normalized spacial score (nSPS) is 15.6. The van der Waals surface area contributed by atoms with Gasteiger partial charge in [0.2, 0.25) is 0 Å². The molecule has 5 heteroatoms. The lowest BCUT2D eigenvalue weighted by Crippen LogP contribution is -2.15. The minimum Gasteiger partial charge on any atom is -0.463 e. The standard InChI is InChI=1S/C21H24ClNO3/c1-2-26-21(25)11-10-20-18(14-24)17-12-16(22)8-9-19(17)23(20)13-15-6-4-3-5-7-15/h8-12,14-15H,2-7,13H2,1H3/b11-10+. The highest BCUT2D eigenvalue weighted by atomic mass is 35.5. The van der Waals surface area contributed by atoms with Crippen LogP contribution in [0.5, 0.6) is 0 Å². The number of carbonyl (C=O) groups is 2. The van der Waals surface area contributed by atoms with Crippen LogP contribution in [-0.2, 0) is 16.1 Å². The molecule has 0 aliphatic heterocycles. The summed E-state index contributed by atoms with van der Waals surface area (Å²) in [7, 11) is 0. The lowest BCUT2D eigenvalue weighted by Gasteiger charge is -2.23. The number of ether oxygens (including phenoxy) is 1. The fraction of sp³-hybridized carbons (Fsp3) is 0.429. The summed E-state index contributed by atoms with van der Waals surface area (Å²) < 4.78 is 7.13. The van der Waals surface area contributed by atoms with E-state index in [-0.39, 0.29) is 0 Å². The fourth-order valence-electron chi connectivity index (χ4n) is 3.84. The van der Waals surface area contributed by atoms with Gasteiger partial charge in [-0.05, 0) is 50.0 Å². The third-order valence-electron chi connectivity index (χ3n) is 5.05. The number of hydrogen-bond acceptors (Lipinski definition) is 3. The van der Waals surface area contributed by atoms with E-state index in [1.807, 2.05) is 18.2 Å². The average Bonchev–Trinajstić information content (AvgIpc) is 2.93. The number of fused-ring (bicyclic) bond motifs is 1. The topological polar surface area (TPSA) is 48.3 Å². The highest BCUT2D eigenvalue weighted by Gasteiger charge is 2.20. The molecule has 2 aromatic rings. The second kappa shape index (κ2) is 8.54. The van der Waals surface area contributed by atoms with E-state index in [0.29, 0.717) is 23.1 Å². The minimum absolute atomic E-state index is 0.324. The quantitative estimate of drug-likeness (QED) is 0.394. The van der Waals surface area contributed by atoms with Crippen LogP contribution in [0, 0.1) is 5.92 Å². The van der Waals surface area contributed by atoms with Crippen molar-refractivity contribution in [1.82, 2.24) is 4.57 Å². The van der Waals surface area contributed by atoms with E-state index in [2.05, 4.69) is 4.57 Å². The number of aromatic nitrogens is 1. The van der Waals surface area contributed by atoms with Gasteiger partial charge in [0.05, 0.1) is 12.3 Å². The number of esters is 1. The van der Waals surface area contributed by atoms with Gasteiger partial charge < -0.3 is 9.30 Å². The smallest absolute Gasteiger partial charge is 0.330 e. The predicted molar refractivity (Wildman–Crippen MR) is 105 cm³/mol. The molecule has 3 rings (SSSR count). The van der Waals surface area contributed by atoms with Crippen molar-refractivity contribution in [3.05, 3.63) is 40.6 Å². The number of rotatable bonds is 6. The van der Waals surface area contributed by atoms with E-state index >= 15 is 0 Å². The second-order valence-electron chi connectivity index (χ2n) is 6.78. The van der Waals surface area contributed by atoms with Gasteiger partial charge >= 0.3 is 5.97 Å². The highest BCUT2D eigenvalue weighted by molar-refractivity contribution is 6.31. The van der Waals surface area contributed by atoms with Crippen LogP contribution in [-0.4, -0.2) is 23.4 Å². The monoisotopic (exact) mass is 373 g/mol. The average molecular weight is 374 g/mol. The molecule has 0 amide bonds. The van der Waals surface area contributed by atoms with Crippen molar-refractivity contribution in [3.8, 4) is 0 Å². The Hall–Kier alpha value is -2.07. The van der Waals surface area contributed by atoms with Gasteiger partial charge in [-0.25, -0.2) is 4.79 Å². The van der Waals surface area contributed by atoms with E-state index < -0.39 is 5.97 Å². The molecule has 0 radical (unpaired) electrons. The van der Waals surface area contributed by atoms with Crippen LogP contribution in [0.25, 0.3) is 17.0 Å². The van der Waals surface area contributed by atoms with Gasteiger partial charge in [-0.2, -0.15) is 0 Å². The summed E-state index contributed by atoms with van der Waals surface area (Å²) in [5, 5.41) is 1.42. The molecule has 1 fully saturated rings. The first-order valence-corrected chi connectivity index (χ1v) is 9.63. The lowest BCUT2D eigenvalue weighted by molar-refractivity contribution is -0.137. The number of nitrogens with zero attached hydrogens (tertiary/aromatic N) is 1. The molecule has 1 heterocycles. The third kappa shape index (κ3) is 4.01. The van der Waals surface area contributed by atoms with E-state index in [1.165, 1.54) is 38.2 Å². The van der Waals surface area contributed by atoms with Gasteiger partial charge in [-0.15, -0.1) is 0 Å². The zero-order valence-electron chi connectivity index (χ0n) is 15.0. The summed E-state index contributed by atoms with van der Waals surface area (Å²) in [6.07, 6.45) is 10.1. The Labute approximate surface area is 158 Å². The van der Waals surface area contributed by atoms with Crippen LogP contribution in [0.15, 0.2) is 24.3 Å². The SMILES string of the molecule is CCOC(=O)/C=C/c1c(C=O)c2cc(Cl)ccc2n1CC1CCCCC1. The Balaban J connectivity index is 2.07. The summed E-state index contributed by atoms with van der Waals surface area (Å²) in [6.45, 7) is 2.93. The van der Waals surface area contributed by atoms with Crippen LogP contribution in [0.2, 0.25) is 5.02 Å². The maximum absolute atomic E-state index is 11.8. The molecule has 1 aromatic carbocycles. The number of benzene rings is 1. The van der Waals surface area contributed by atoms with Crippen LogP contribution in [0.4, 0.5) is 0 Å². The lowest BCUT2D eigenvalue weighted by atomic mass is 9.89. The number of aldehydes is 1. The molecule has 26 heavy (non-hydrogen) atoms. The number of halogens is 1. The fourth-order valence-corrected chi connectivity index (χ4v) is 4.01. The minimum atomic E-state index is -0.406. The van der Waals surface area contributed by atoms with Crippen molar-refractivity contribution in [1.29, 1.82) is 0 Å². The number of hydrogen-bond donors (Lipinski definition) is 0. The molecule has 0 spiro atoms. The zero-order chi connectivity index (χ0) is 18.5. The maximum atomic E-state index is 11.8. The second-order valence-corrected chi connectivity index (χ2v) is 7.21. The summed E-state index contributed by atoms with van der Waals surface area (Å²) >= 11 is 6.15. The summed E-state index contributed by atoms with van der Waals surface area (Å²) in [5.41, 5.74) is 2.29. The maximum Gasteiger partial charge on any atom is 0.330 e. The van der Waals surface area contributed by atoms with E-state index in [0.717, 1.165) is 29.4 Å². The van der Waals surface area contributed by atoms with Gasteiger partial charge in [0, 0.05) is 34.1 Å². The van der Waals surface area contributed by atoms with Crippen LogP contribution < -0.4 is 0 Å². The van der Waals surface area contributed by atoms with Crippen molar-refractivity contribution in [2.45, 2.75) is 45.6 Å². The van der Waals surface area contributed by atoms with E-state index in [4.69, 9.17) is 16.3 Å². The first-order valence-electron chi connectivity index (χ1n) is 9.25. The Morgan fingerprint density at radius 1 is 1.31 bits per heavy atom. The van der Waals surface area contributed by atoms with E-state index in [9.17, 15) is 9.59 Å². The Bertz CT molecular complexity index is 831. The first-order chi connectivity index (χ1) is 12.6. The van der Waals surface area contributed by atoms with Crippen molar-refractivity contribution in [2.24, 2.45) is 5.92 Å². The zero-order valence-corrected chi connectivity index (χ0v) is 15.8. The predicted octanol–water partition coefficient (Wildman–Crippen LogP) is 5.26. The molecule has 1 saturated carbocycles. The van der Waals surface area contributed by atoms with Gasteiger partial charge in [0.25, 0.3) is 0 Å². The third-order valence-corrected chi connectivity index (χ3v) is 5.29. The van der Waals surface area contributed by atoms with Gasteiger partial charge in [0.15, 0.2) is 6.29 Å². The number of carbonyl (C=O) groups excluding carboxylic acids is 2. The molecular formula is C21H24ClNO3. The highest BCUT2D eigenvalue weighted by Crippen LogP contribution is 2.32. The van der Waals surface area contributed by atoms with E-state index in [1.54, 1.807) is 13.0 Å². The summed E-state index contributed by atoms with van der Waals surface area (Å²) in [4.78, 5) is 23.6. The van der Waals surface area contributed by atoms with Gasteiger partial charge in [-0.1, -0.05) is 30.9 Å².